The molecule has 0 spiro atoms. The highest BCUT2D eigenvalue weighted by Gasteiger charge is 2.35. The first-order valence-corrected chi connectivity index (χ1v) is 18.3. The zero-order valence-corrected chi connectivity index (χ0v) is 31.7. The number of carbonyl (C=O) groups excluding carboxylic acids is 1. The maximum absolute atomic E-state index is 14.4. The number of rotatable bonds is 11. The maximum Gasteiger partial charge on any atom is 0.338 e. The molecule has 0 aliphatic carbocycles. The Hall–Kier alpha value is -4.10. The smallest absolute Gasteiger partial charge is 0.338 e. The van der Waals surface area contributed by atoms with Crippen molar-refractivity contribution in [1.82, 2.24) is 4.57 Å². The van der Waals surface area contributed by atoms with Crippen LogP contribution in [0, 0.1) is 3.57 Å². The minimum Gasteiger partial charge on any atom is -0.494 e. The Kier molecular flexibility index (Phi) is 11.3. The number of ether oxygens (including phenoxy) is 4. The Morgan fingerprint density at radius 3 is 2.42 bits per heavy atom. The SMILES string of the molecule is CCOC(=O)C1=C(c2ccccc2)N=c2s/c(=C\c3cc(I)c(OCc4ccc(Cl)cc4Cl)c(OC)c3)c(=O)n2[C@H]1c1ccc(OCC)cc1. The molecule has 12 heteroatoms. The third-order valence-corrected chi connectivity index (χ3v) is 10.2. The zero-order valence-electron chi connectivity index (χ0n) is 27.2. The molecule has 0 fully saturated rings. The van der Waals surface area contributed by atoms with Crippen LogP contribution in [0.5, 0.6) is 17.2 Å². The van der Waals surface area contributed by atoms with Crippen molar-refractivity contribution >= 4 is 74.9 Å². The van der Waals surface area contributed by atoms with Gasteiger partial charge in [0, 0.05) is 21.2 Å². The summed E-state index contributed by atoms with van der Waals surface area (Å²) >= 11 is 15.8. The van der Waals surface area contributed by atoms with E-state index in [0.29, 0.717) is 54.5 Å². The van der Waals surface area contributed by atoms with Crippen LogP contribution in [0.2, 0.25) is 10.0 Å². The van der Waals surface area contributed by atoms with Crippen LogP contribution in [0.25, 0.3) is 11.8 Å². The molecule has 5 aromatic rings. The predicted molar refractivity (Wildman–Crippen MR) is 205 cm³/mol. The Labute approximate surface area is 316 Å². The quantitative estimate of drug-likeness (QED) is 0.0996. The predicted octanol–water partition coefficient (Wildman–Crippen LogP) is 7.83. The van der Waals surface area contributed by atoms with Gasteiger partial charge >= 0.3 is 5.97 Å². The monoisotopic (exact) mass is 840 g/mol. The van der Waals surface area contributed by atoms with E-state index in [1.807, 2.05) is 79.7 Å². The fraction of sp³-hybridized carbons (Fsp3) is 0.184. The van der Waals surface area contributed by atoms with E-state index in [-0.39, 0.29) is 24.3 Å². The summed E-state index contributed by atoms with van der Waals surface area (Å²) in [5.74, 6) is 1.17. The van der Waals surface area contributed by atoms with Crippen molar-refractivity contribution in [1.29, 1.82) is 0 Å². The molecule has 0 unspecified atom stereocenters. The lowest BCUT2D eigenvalue weighted by molar-refractivity contribution is -0.138. The van der Waals surface area contributed by atoms with Crippen molar-refractivity contribution in [2.75, 3.05) is 20.3 Å². The summed E-state index contributed by atoms with van der Waals surface area (Å²) in [4.78, 5) is 33.5. The summed E-state index contributed by atoms with van der Waals surface area (Å²) in [6.45, 7) is 4.54. The number of carbonyl (C=O) groups is 1. The number of methoxy groups -OCH3 is 1. The van der Waals surface area contributed by atoms with Gasteiger partial charge in [-0.25, -0.2) is 9.79 Å². The van der Waals surface area contributed by atoms with E-state index >= 15 is 0 Å². The van der Waals surface area contributed by atoms with Gasteiger partial charge in [-0.15, -0.1) is 0 Å². The molecule has 50 heavy (non-hydrogen) atoms. The van der Waals surface area contributed by atoms with E-state index < -0.39 is 12.0 Å². The molecular weight excluding hydrogens is 810 g/mol. The molecule has 0 radical (unpaired) electrons. The van der Waals surface area contributed by atoms with Gasteiger partial charge < -0.3 is 18.9 Å². The van der Waals surface area contributed by atoms with Crippen molar-refractivity contribution in [3.05, 3.63) is 146 Å². The molecule has 0 saturated heterocycles. The number of benzene rings is 4. The largest absolute Gasteiger partial charge is 0.494 e. The first-order valence-electron chi connectivity index (χ1n) is 15.7. The third-order valence-electron chi connectivity index (χ3n) is 7.82. The topological polar surface area (TPSA) is 88.4 Å². The van der Waals surface area contributed by atoms with Gasteiger partial charge in [-0.3, -0.25) is 9.36 Å². The minimum absolute atomic E-state index is 0.164. The van der Waals surface area contributed by atoms with E-state index in [0.717, 1.165) is 20.3 Å². The zero-order chi connectivity index (χ0) is 35.4. The van der Waals surface area contributed by atoms with Gasteiger partial charge in [0.15, 0.2) is 16.3 Å². The van der Waals surface area contributed by atoms with Crippen molar-refractivity contribution in [3.8, 4) is 17.2 Å². The average Bonchev–Trinajstić information content (AvgIpc) is 3.42. The molecule has 4 aromatic carbocycles. The van der Waals surface area contributed by atoms with Crippen LogP contribution >= 0.6 is 57.1 Å². The first kappa shape index (κ1) is 35.7. The molecule has 0 bridgehead atoms. The Morgan fingerprint density at radius 2 is 1.74 bits per heavy atom. The molecular formula is C38H31Cl2IN2O6S. The Balaban J connectivity index is 1.48. The van der Waals surface area contributed by atoms with Gasteiger partial charge in [0.05, 0.1) is 45.7 Å². The normalized spacial score (nSPS) is 14.2. The average molecular weight is 842 g/mol. The molecule has 8 nitrogen and oxygen atoms in total. The highest BCUT2D eigenvalue weighted by molar-refractivity contribution is 14.1. The molecule has 6 rings (SSSR count). The molecule has 1 aliphatic rings. The van der Waals surface area contributed by atoms with Crippen LogP contribution in [0.3, 0.4) is 0 Å². The van der Waals surface area contributed by atoms with E-state index in [2.05, 4.69) is 22.6 Å². The number of thiazole rings is 1. The molecule has 0 N–H and O–H groups in total. The van der Waals surface area contributed by atoms with Gasteiger partial charge in [0.25, 0.3) is 5.56 Å². The summed E-state index contributed by atoms with van der Waals surface area (Å²) in [6.07, 6.45) is 1.79. The molecule has 0 amide bonds. The van der Waals surface area contributed by atoms with Crippen LogP contribution in [-0.2, 0) is 16.1 Å². The maximum atomic E-state index is 14.4. The van der Waals surface area contributed by atoms with Crippen molar-refractivity contribution in [2.24, 2.45) is 4.99 Å². The van der Waals surface area contributed by atoms with E-state index in [9.17, 15) is 9.59 Å². The number of hydrogen-bond acceptors (Lipinski definition) is 8. The van der Waals surface area contributed by atoms with Crippen LogP contribution < -0.4 is 29.1 Å². The fourth-order valence-electron chi connectivity index (χ4n) is 5.57. The highest BCUT2D eigenvalue weighted by atomic mass is 127. The summed E-state index contributed by atoms with van der Waals surface area (Å²) in [5, 5.41) is 1.04. The second kappa shape index (κ2) is 15.8. The molecule has 256 valence electrons. The Bertz CT molecular complexity index is 2270. The summed E-state index contributed by atoms with van der Waals surface area (Å²) in [5.41, 5.74) is 3.38. The molecule has 0 saturated carbocycles. The van der Waals surface area contributed by atoms with Crippen LogP contribution in [0.15, 0.2) is 100 Å². The molecule has 1 aliphatic heterocycles. The third kappa shape index (κ3) is 7.48. The summed E-state index contributed by atoms with van der Waals surface area (Å²) < 4.78 is 25.9. The van der Waals surface area contributed by atoms with Gasteiger partial charge in [0.1, 0.15) is 12.4 Å². The lowest BCUT2D eigenvalue weighted by atomic mass is 9.93. The minimum atomic E-state index is -0.802. The van der Waals surface area contributed by atoms with Gasteiger partial charge in [0.2, 0.25) is 0 Å². The fourth-order valence-corrected chi connectivity index (χ4v) is 7.82. The highest BCUT2D eigenvalue weighted by Crippen LogP contribution is 2.37. The van der Waals surface area contributed by atoms with Crippen molar-refractivity contribution in [3.63, 3.8) is 0 Å². The van der Waals surface area contributed by atoms with Gasteiger partial charge in [-0.05, 0) is 90.0 Å². The van der Waals surface area contributed by atoms with E-state index in [1.165, 1.54) is 11.3 Å². The van der Waals surface area contributed by atoms with E-state index in [1.54, 1.807) is 36.8 Å². The molecule has 1 aromatic heterocycles. The molecule has 2 heterocycles. The van der Waals surface area contributed by atoms with Gasteiger partial charge in [-0.2, -0.15) is 0 Å². The lowest BCUT2D eigenvalue weighted by Crippen LogP contribution is -2.40. The number of esters is 1. The number of fused-ring (bicyclic) bond motifs is 1. The van der Waals surface area contributed by atoms with Crippen LogP contribution in [0.4, 0.5) is 0 Å². The number of hydrogen-bond donors (Lipinski definition) is 0. The second-order valence-corrected chi connectivity index (χ2v) is 14.0. The Morgan fingerprint density at radius 1 is 0.980 bits per heavy atom. The summed E-state index contributed by atoms with van der Waals surface area (Å²) in [7, 11) is 1.56. The van der Waals surface area contributed by atoms with Gasteiger partial charge in [-0.1, -0.05) is 83.1 Å². The molecule has 1 atom stereocenters. The standard InChI is InChI=1S/C38H31Cl2IN2O6S/c1-4-47-27-15-12-24(13-16-27)34-32(37(45)48-5-2)33(23-9-7-6-8-10-23)42-38-43(34)36(44)31(50-38)19-22-17-29(41)35(30(18-22)46-3)49-21-25-11-14-26(39)20-28(25)40/h6-20,34H,4-5,21H2,1-3H3/b31-19-/t34-/m0/s1. The first-order chi connectivity index (χ1) is 24.2. The van der Waals surface area contributed by atoms with E-state index in [4.69, 9.17) is 47.1 Å². The second-order valence-electron chi connectivity index (χ2n) is 11.0. The summed E-state index contributed by atoms with van der Waals surface area (Å²) in [6, 6.07) is 25.0. The number of halogens is 3. The van der Waals surface area contributed by atoms with Crippen molar-refractivity contribution in [2.45, 2.75) is 26.5 Å². The number of aromatic nitrogens is 1. The van der Waals surface area contributed by atoms with Crippen LogP contribution in [0.1, 0.15) is 42.1 Å². The van der Waals surface area contributed by atoms with Crippen LogP contribution in [-0.4, -0.2) is 30.9 Å². The number of nitrogens with zero attached hydrogens (tertiary/aromatic N) is 2. The lowest BCUT2D eigenvalue weighted by Gasteiger charge is -2.26. The van der Waals surface area contributed by atoms with Crippen molar-refractivity contribution < 1.29 is 23.7 Å².